The zero-order valence-corrected chi connectivity index (χ0v) is 9.54. The van der Waals surface area contributed by atoms with E-state index in [1.165, 1.54) is 6.07 Å². The number of aliphatic hydroxyl groups excluding tert-OH is 2. The molecular formula is C11H16N2O4. The highest BCUT2D eigenvalue weighted by atomic mass is 16.6. The van der Waals surface area contributed by atoms with Crippen molar-refractivity contribution in [3.63, 3.8) is 0 Å². The number of aryl methyl sites for hydroxylation is 1. The standard InChI is InChI=1S/C11H16N2O4/c1-7-2-3-8(6-9(7)13(16)17)11(15)10(14)4-5-12/h2-3,6,10-11,14-15H,4-5,12H2,1H3. The Hall–Kier alpha value is -1.50. The van der Waals surface area contributed by atoms with Gasteiger partial charge in [-0.1, -0.05) is 12.1 Å². The molecule has 0 saturated carbocycles. The Morgan fingerprint density at radius 2 is 2.12 bits per heavy atom. The fraction of sp³-hybridized carbons (Fsp3) is 0.455. The predicted octanol–water partition coefficient (Wildman–Crippen LogP) is 0.646. The summed E-state index contributed by atoms with van der Waals surface area (Å²) in [6, 6.07) is 4.39. The molecule has 6 nitrogen and oxygen atoms in total. The molecule has 2 atom stereocenters. The molecule has 2 unspecified atom stereocenters. The third-order valence-electron chi connectivity index (χ3n) is 2.60. The van der Waals surface area contributed by atoms with E-state index >= 15 is 0 Å². The predicted molar refractivity (Wildman–Crippen MR) is 62.5 cm³/mol. The molecule has 0 aliphatic carbocycles. The largest absolute Gasteiger partial charge is 0.390 e. The van der Waals surface area contributed by atoms with Crippen LogP contribution in [0.25, 0.3) is 0 Å². The van der Waals surface area contributed by atoms with Gasteiger partial charge in [-0.15, -0.1) is 0 Å². The lowest BCUT2D eigenvalue weighted by Crippen LogP contribution is -2.21. The monoisotopic (exact) mass is 240 g/mol. The van der Waals surface area contributed by atoms with Gasteiger partial charge in [0, 0.05) is 11.6 Å². The summed E-state index contributed by atoms with van der Waals surface area (Å²) in [7, 11) is 0. The number of aliphatic hydroxyl groups is 2. The molecule has 17 heavy (non-hydrogen) atoms. The van der Waals surface area contributed by atoms with E-state index in [1.807, 2.05) is 0 Å². The molecule has 94 valence electrons. The maximum absolute atomic E-state index is 10.7. The number of nitro groups is 1. The van der Waals surface area contributed by atoms with E-state index in [-0.39, 0.29) is 18.7 Å². The normalized spacial score (nSPS) is 14.4. The second-order valence-electron chi connectivity index (χ2n) is 3.89. The lowest BCUT2D eigenvalue weighted by Gasteiger charge is -2.17. The number of rotatable bonds is 5. The van der Waals surface area contributed by atoms with E-state index in [9.17, 15) is 20.3 Å². The Morgan fingerprint density at radius 3 is 2.65 bits per heavy atom. The van der Waals surface area contributed by atoms with Crippen molar-refractivity contribution >= 4 is 5.69 Å². The third-order valence-corrected chi connectivity index (χ3v) is 2.60. The minimum Gasteiger partial charge on any atom is -0.390 e. The van der Waals surface area contributed by atoms with Crippen LogP contribution in [0.2, 0.25) is 0 Å². The molecule has 0 aromatic heterocycles. The molecule has 0 bridgehead atoms. The molecule has 1 aromatic carbocycles. The zero-order chi connectivity index (χ0) is 13.0. The van der Waals surface area contributed by atoms with Crippen molar-refractivity contribution in [3.05, 3.63) is 39.4 Å². The minimum absolute atomic E-state index is 0.0681. The summed E-state index contributed by atoms with van der Waals surface area (Å²) in [5.74, 6) is 0. The van der Waals surface area contributed by atoms with Gasteiger partial charge in [0.15, 0.2) is 0 Å². The van der Waals surface area contributed by atoms with Crippen LogP contribution in [0, 0.1) is 17.0 Å². The van der Waals surface area contributed by atoms with Gasteiger partial charge in [-0.25, -0.2) is 0 Å². The summed E-state index contributed by atoms with van der Waals surface area (Å²) in [5.41, 5.74) is 6.04. The Labute approximate surface area is 98.8 Å². The maximum atomic E-state index is 10.7. The highest BCUT2D eigenvalue weighted by molar-refractivity contribution is 5.43. The second kappa shape index (κ2) is 5.72. The van der Waals surface area contributed by atoms with Crippen LogP contribution in [0.3, 0.4) is 0 Å². The Kier molecular flexibility index (Phi) is 4.56. The summed E-state index contributed by atoms with van der Waals surface area (Å²) in [6.07, 6.45) is -1.93. The number of hydrogen-bond acceptors (Lipinski definition) is 5. The van der Waals surface area contributed by atoms with Gasteiger partial charge in [-0.05, 0) is 25.5 Å². The Bertz CT molecular complexity index is 408. The van der Waals surface area contributed by atoms with E-state index in [2.05, 4.69) is 0 Å². The van der Waals surface area contributed by atoms with Crippen molar-refractivity contribution in [1.82, 2.24) is 0 Å². The summed E-state index contributed by atoms with van der Waals surface area (Å²) >= 11 is 0. The Balaban J connectivity index is 2.99. The number of hydrogen-bond donors (Lipinski definition) is 3. The van der Waals surface area contributed by atoms with Crippen LogP contribution < -0.4 is 5.73 Å². The lowest BCUT2D eigenvalue weighted by molar-refractivity contribution is -0.385. The van der Waals surface area contributed by atoms with Gasteiger partial charge in [0.25, 0.3) is 5.69 Å². The van der Waals surface area contributed by atoms with Crippen LogP contribution in [-0.4, -0.2) is 27.8 Å². The van der Waals surface area contributed by atoms with Gasteiger partial charge in [0.05, 0.1) is 11.0 Å². The summed E-state index contributed by atoms with van der Waals surface area (Å²) in [6.45, 7) is 1.86. The van der Waals surface area contributed by atoms with Crippen molar-refractivity contribution in [2.75, 3.05) is 6.54 Å². The molecule has 0 spiro atoms. The summed E-state index contributed by atoms with van der Waals surface area (Å²) in [5, 5.41) is 30.1. The number of benzene rings is 1. The van der Waals surface area contributed by atoms with Crippen molar-refractivity contribution in [2.45, 2.75) is 25.6 Å². The molecule has 6 heteroatoms. The molecule has 4 N–H and O–H groups in total. The average Bonchev–Trinajstić information content (AvgIpc) is 2.28. The highest BCUT2D eigenvalue weighted by Gasteiger charge is 2.20. The third kappa shape index (κ3) is 3.23. The molecule has 0 radical (unpaired) electrons. The fourth-order valence-electron chi connectivity index (χ4n) is 1.56. The first kappa shape index (κ1) is 13.6. The van der Waals surface area contributed by atoms with E-state index < -0.39 is 17.1 Å². The Morgan fingerprint density at radius 1 is 1.47 bits per heavy atom. The first-order chi connectivity index (χ1) is 7.97. The van der Waals surface area contributed by atoms with Crippen molar-refractivity contribution < 1.29 is 15.1 Å². The molecular weight excluding hydrogens is 224 g/mol. The molecule has 0 amide bonds. The van der Waals surface area contributed by atoms with Crippen LogP contribution in [0.1, 0.15) is 23.7 Å². The van der Waals surface area contributed by atoms with Gasteiger partial charge in [-0.2, -0.15) is 0 Å². The van der Waals surface area contributed by atoms with Gasteiger partial charge in [0.1, 0.15) is 6.10 Å². The number of nitrogens with two attached hydrogens (primary N) is 1. The SMILES string of the molecule is Cc1ccc(C(O)C(O)CCN)cc1[N+](=O)[O-]. The minimum atomic E-state index is -1.15. The molecule has 0 aliphatic heterocycles. The van der Waals surface area contributed by atoms with E-state index in [0.29, 0.717) is 11.1 Å². The first-order valence-electron chi connectivity index (χ1n) is 5.28. The van der Waals surface area contributed by atoms with E-state index in [1.54, 1.807) is 19.1 Å². The molecule has 0 saturated heterocycles. The number of nitro benzene ring substituents is 1. The van der Waals surface area contributed by atoms with Gasteiger partial charge in [-0.3, -0.25) is 10.1 Å². The molecule has 1 rings (SSSR count). The van der Waals surface area contributed by atoms with E-state index in [0.717, 1.165) is 0 Å². The maximum Gasteiger partial charge on any atom is 0.272 e. The average molecular weight is 240 g/mol. The van der Waals surface area contributed by atoms with E-state index in [4.69, 9.17) is 5.73 Å². The van der Waals surface area contributed by atoms with Crippen LogP contribution in [0.5, 0.6) is 0 Å². The molecule has 1 aromatic rings. The van der Waals surface area contributed by atoms with Crippen LogP contribution in [0.15, 0.2) is 18.2 Å². The molecule has 0 fully saturated rings. The number of nitrogens with zero attached hydrogens (tertiary/aromatic N) is 1. The lowest BCUT2D eigenvalue weighted by atomic mass is 10.00. The zero-order valence-electron chi connectivity index (χ0n) is 9.54. The molecule has 0 aliphatic rings. The highest BCUT2D eigenvalue weighted by Crippen LogP contribution is 2.25. The van der Waals surface area contributed by atoms with Crippen LogP contribution >= 0.6 is 0 Å². The van der Waals surface area contributed by atoms with Gasteiger partial charge in [0.2, 0.25) is 0 Å². The van der Waals surface area contributed by atoms with Crippen LogP contribution in [0.4, 0.5) is 5.69 Å². The van der Waals surface area contributed by atoms with Crippen molar-refractivity contribution in [2.24, 2.45) is 5.73 Å². The topological polar surface area (TPSA) is 110 Å². The quantitative estimate of drug-likeness (QED) is 0.517. The van der Waals surface area contributed by atoms with Crippen molar-refractivity contribution in [1.29, 1.82) is 0 Å². The first-order valence-corrected chi connectivity index (χ1v) is 5.28. The molecule has 0 heterocycles. The van der Waals surface area contributed by atoms with Gasteiger partial charge < -0.3 is 15.9 Å². The van der Waals surface area contributed by atoms with Crippen LogP contribution in [-0.2, 0) is 0 Å². The summed E-state index contributed by atoms with van der Waals surface area (Å²) in [4.78, 5) is 10.2. The smallest absolute Gasteiger partial charge is 0.272 e. The van der Waals surface area contributed by atoms with Gasteiger partial charge >= 0.3 is 0 Å². The van der Waals surface area contributed by atoms with Crippen molar-refractivity contribution in [3.8, 4) is 0 Å². The second-order valence-corrected chi connectivity index (χ2v) is 3.89. The fourth-order valence-corrected chi connectivity index (χ4v) is 1.56. The summed E-state index contributed by atoms with van der Waals surface area (Å²) < 4.78 is 0.